The monoisotopic (exact) mass is 234 g/mol. The molecule has 1 aliphatic carbocycles. The van der Waals surface area contributed by atoms with Gasteiger partial charge in [-0.3, -0.25) is 4.79 Å². The van der Waals surface area contributed by atoms with Gasteiger partial charge in [0.15, 0.2) is 0 Å². The molecule has 1 atom stereocenters. The minimum atomic E-state index is -0.0733. The van der Waals surface area contributed by atoms with Gasteiger partial charge in [0, 0.05) is 31.2 Å². The Bertz CT molecular complexity index is 440. The molecule has 0 aromatic carbocycles. The zero-order chi connectivity index (χ0) is 11.7. The summed E-state index contributed by atoms with van der Waals surface area (Å²) in [5.74, 6) is 0.814. The Balaban J connectivity index is 1.69. The van der Waals surface area contributed by atoms with Gasteiger partial charge in [-0.05, 0) is 25.7 Å². The number of hydrogen-bond donors (Lipinski definition) is 2. The van der Waals surface area contributed by atoms with Crippen LogP contribution in [0, 0.1) is 0 Å². The summed E-state index contributed by atoms with van der Waals surface area (Å²) in [6, 6.07) is 2.82. The van der Waals surface area contributed by atoms with E-state index in [0.717, 1.165) is 24.9 Å². The summed E-state index contributed by atoms with van der Waals surface area (Å²) >= 11 is 0. The second kappa shape index (κ2) is 4.49. The summed E-state index contributed by atoms with van der Waals surface area (Å²) in [6.07, 6.45) is 6.49. The van der Waals surface area contributed by atoms with Crippen molar-refractivity contribution in [3.8, 4) is 0 Å². The molecule has 0 amide bonds. The molecule has 3 rings (SSSR count). The van der Waals surface area contributed by atoms with Crippen molar-refractivity contribution in [2.45, 2.75) is 37.8 Å². The molecule has 0 spiro atoms. The van der Waals surface area contributed by atoms with E-state index in [1.54, 1.807) is 6.07 Å². The normalized spacial score (nSPS) is 24.2. The second-order valence-corrected chi connectivity index (χ2v) is 4.94. The molecular formula is C12H18N4O. The average molecular weight is 234 g/mol. The van der Waals surface area contributed by atoms with E-state index in [1.165, 1.54) is 32.0 Å². The number of anilines is 1. The molecule has 2 heterocycles. The molecule has 1 saturated heterocycles. The van der Waals surface area contributed by atoms with Crippen LogP contribution in [0.2, 0.25) is 0 Å². The van der Waals surface area contributed by atoms with Crippen LogP contribution in [0.25, 0.3) is 0 Å². The lowest BCUT2D eigenvalue weighted by Crippen LogP contribution is -2.39. The van der Waals surface area contributed by atoms with E-state index in [9.17, 15) is 4.79 Å². The summed E-state index contributed by atoms with van der Waals surface area (Å²) in [4.78, 5) is 20.4. The lowest BCUT2D eigenvalue weighted by molar-refractivity contribution is 0.568. The zero-order valence-electron chi connectivity index (χ0n) is 9.85. The van der Waals surface area contributed by atoms with Crippen LogP contribution in [-0.2, 0) is 0 Å². The Morgan fingerprint density at radius 3 is 3.12 bits per heavy atom. The van der Waals surface area contributed by atoms with Gasteiger partial charge < -0.3 is 15.2 Å². The highest BCUT2D eigenvalue weighted by Gasteiger charge is 2.28. The smallest absolute Gasteiger partial charge is 0.252 e. The highest BCUT2D eigenvalue weighted by molar-refractivity contribution is 5.39. The van der Waals surface area contributed by atoms with Crippen LogP contribution in [0.3, 0.4) is 0 Å². The lowest BCUT2D eigenvalue weighted by Gasteiger charge is -2.25. The first kappa shape index (κ1) is 10.8. The molecule has 5 nitrogen and oxygen atoms in total. The third kappa shape index (κ3) is 2.49. The Labute approximate surface area is 100 Å². The molecule has 92 valence electrons. The number of nitrogens with one attached hydrogen (secondary N) is 2. The maximum atomic E-state index is 11.3. The first-order valence-corrected chi connectivity index (χ1v) is 6.38. The fraction of sp³-hybridized carbons (Fsp3) is 0.667. The van der Waals surface area contributed by atoms with E-state index < -0.39 is 0 Å². The average Bonchev–Trinajstić information content (AvgIpc) is 3.04. The number of hydrogen-bond acceptors (Lipinski definition) is 4. The number of nitrogens with zero attached hydrogens (tertiary/aromatic N) is 2. The minimum Gasteiger partial charge on any atom is -0.352 e. The molecule has 1 saturated carbocycles. The number of rotatable bonds is 4. The minimum absolute atomic E-state index is 0.0733. The van der Waals surface area contributed by atoms with Crippen molar-refractivity contribution in [2.24, 2.45) is 0 Å². The standard InChI is InChI=1S/C12H18N4O/c17-12-6-11(14-8-15-12)16-5-1-2-10(16)7-13-9-3-4-9/h6,8-10,13H,1-5,7H2,(H,14,15,17). The van der Waals surface area contributed by atoms with Crippen LogP contribution in [0.1, 0.15) is 25.7 Å². The molecule has 0 radical (unpaired) electrons. The van der Waals surface area contributed by atoms with Crippen LogP contribution in [0.4, 0.5) is 5.82 Å². The van der Waals surface area contributed by atoms with Crippen molar-refractivity contribution >= 4 is 5.82 Å². The predicted octanol–water partition coefficient (Wildman–Crippen LogP) is 0.491. The van der Waals surface area contributed by atoms with Crippen molar-refractivity contribution in [1.29, 1.82) is 0 Å². The molecule has 0 bridgehead atoms. The SMILES string of the molecule is O=c1cc(N2CCCC2CNC2CC2)nc[nH]1. The van der Waals surface area contributed by atoms with Crippen molar-refractivity contribution in [3.63, 3.8) is 0 Å². The number of aromatic amines is 1. The van der Waals surface area contributed by atoms with Crippen LogP contribution in [-0.4, -0.2) is 35.1 Å². The largest absolute Gasteiger partial charge is 0.352 e. The Hall–Kier alpha value is -1.36. The van der Waals surface area contributed by atoms with Crippen molar-refractivity contribution < 1.29 is 0 Å². The van der Waals surface area contributed by atoms with Crippen LogP contribution in [0.15, 0.2) is 17.2 Å². The van der Waals surface area contributed by atoms with E-state index in [2.05, 4.69) is 20.2 Å². The lowest BCUT2D eigenvalue weighted by atomic mass is 10.2. The quantitative estimate of drug-likeness (QED) is 0.796. The first-order chi connectivity index (χ1) is 8.33. The van der Waals surface area contributed by atoms with E-state index in [4.69, 9.17) is 0 Å². The van der Waals surface area contributed by atoms with E-state index in [-0.39, 0.29) is 5.56 Å². The second-order valence-electron chi connectivity index (χ2n) is 4.94. The number of H-pyrrole nitrogens is 1. The molecular weight excluding hydrogens is 216 g/mol. The Morgan fingerprint density at radius 1 is 1.47 bits per heavy atom. The molecule has 5 heteroatoms. The van der Waals surface area contributed by atoms with Crippen molar-refractivity contribution in [1.82, 2.24) is 15.3 Å². The Morgan fingerprint density at radius 2 is 2.35 bits per heavy atom. The molecule has 1 aliphatic heterocycles. The molecule has 1 unspecified atom stereocenters. The summed E-state index contributed by atoms with van der Waals surface area (Å²) in [5, 5.41) is 3.56. The molecule has 2 N–H and O–H groups in total. The van der Waals surface area contributed by atoms with Gasteiger partial charge in [-0.25, -0.2) is 4.98 Å². The van der Waals surface area contributed by atoms with Crippen molar-refractivity contribution in [2.75, 3.05) is 18.0 Å². The maximum absolute atomic E-state index is 11.3. The third-order valence-corrected chi connectivity index (χ3v) is 3.55. The molecule has 2 fully saturated rings. The maximum Gasteiger partial charge on any atom is 0.252 e. The molecule has 1 aromatic rings. The summed E-state index contributed by atoms with van der Waals surface area (Å²) < 4.78 is 0. The van der Waals surface area contributed by atoms with Crippen LogP contribution >= 0.6 is 0 Å². The van der Waals surface area contributed by atoms with E-state index in [1.807, 2.05) is 0 Å². The third-order valence-electron chi connectivity index (χ3n) is 3.55. The van der Waals surface area contributed by atoms with Gasteiger partial charge in [0.25, 0.3) is 5.56 Å². The highest BCUT2D eigenvalue weighted by Crippen LogP contribution is 2.24. The van der Waals surface area contributed by atoms with Gasteiger partial charge >= 0.3 is 0 Å². The molecule has 17 heavy (non-hydrogen) atoms. The van der Waals surface area contributed by atoms with Crippen LogP contribution in [0.5, 0.6) is 0 Å². The van der Waals surface area contributed by atoms with Gasteiger partial charge in [-0.2, -0.15) is 0 Å². The van der Waals surface area contributed by atoms with Gasteiger partial charge in [-0.15, -0.1) is 0 Å². The highest BCUT2D eigenvalue weighted by atomic mass is 16.1. The zero-order valence-corrected chi connectivity index (χ0v) is 9.85. The summed E-state index contributed by atoms with van der Waals surface area (Å²) in [7, 11) is 0. The van der Waals surface area contributed by atoms with Crippen LogP contribution < -0.4 is 15.8 Å². The number of aromatic nitrogens is 2. The van der Waals surface area contributed by atoms with Gasteiger partial charge in [-0.1, -0.05) is 0 Å². The fourth-order valence-corrected chi connectivity index (χ4v) is 2.45. The van der Waals surface area contributed by atoms with E-state index in [0.29, 0.717) is 6.04 Å². The fourth-order valence-electron chi connectivity index (χ4n) is 2.45. The predicted molar refractivity (Wildman–Crippen MR) is 66.3 cm³/mol. The first-order valence-electron chi connectivity index (χ1n) is 6.38. The Kier molecular flexibility index (Phi) is 2.84. The van der Waals surface area contributed by atoms with Gasteiger partial charge in [0.05, 0.1) is 6.33 Å². The summed E-state index contributed by atoms with van der Waals surface area (Å²) in [5.41, 5.74) is -0.0733. The topological polar surface area (TPSA) is 61.0 Å². The van der Waals surface area contributed by atoms with Gasteiger partial charge in [0.2, 0.25) is 0 Å². The summed E-state index contributed by atoms with van der Waals surface area (Å²) in [6.45, 7) is 2.02. The van der Waals surface area contributed by atoms with Crippen molar-refractivity contribution in [3.05, 3.63) is 22.7 Å². The molecule has 2 aliphatic rings. The van der Waals surface area contributed by atoms with Gasteiger partial charge in [0.1, 0.15) is 5.82 Å². The molecule has 1 aromatic heterocycles. The van der Waals surface area contributed by atoms with E-state index >= 15 is 0 Å².